The highest BCUT2D eigenvalue weighted by Crippen LogP contribution is 2.52. The Balaban J connectivity index is 1.88. The van der Waals surface area contributed by atoms with E-state index in [9.17, 15) is 18.4 Å². The van der Waals surface area contributed by atoms with Crippen LogP contribution in [0.15, 0.2) is 35.3 Å². The van der Waals surface area contributed by atoms with Crippen LogP contribution in [0.4, 0.5) is 8.78 Å². The van der Waals surface area contributed by atoms with E-state index in [0.717, 1.165) is 25.3 Å². The highest BCUT2D eigenvalue weighted by molar-refractivity contribution is 6.03. The summed E-state index contributed by atoms with van der Waals surface area (Å²) in [7, 11) is 1.33. The average molecular weight is 470 g/mol. The van der Waals surface area contributed by atoms with E-state index in [1.54, 1.807) is 12.1 Å². The second-order valence-electron chi connectivity index (χ2n) is 10.1. The maximum Gasteiger partial charge on any atom is 0.268 e. The predicted molar refractivity (Wildman–Crippen MR) is 126 cm³/mol. The van der Waals surface area contributed by atoms with Gasteiger partial charge >= 0.3 is 0 Å². The van der Waals surface area contributed by atoms with Crippen LogP contribution >= 0.6 is 0 Å². The maximum absolute atomic E-state index is 14.7. The maximum atomic E-state index is 14.7. The lowest BCUT2D eigenvalue weighted by Crippen LogP contribution is -2.31. The topological polar surface area (TPSA) is 98.1 Å². The third-order valence-electron chi connectivity index (χ3n) is 7.15. The zero-order valence-electron chi connectivity index (χ0n) is 19.7. The van der Waals surface area contributed by atoms with Crippen molar-refractivity contribution in [1.82, 2.24) is 9.97 Å². The van der Waals surface area contributed by atoms with Crippen molar-refractivity contribution >= 4 is 16.8 Å². The van der Waals surface area contributed by atoms with Gasteiger partial charge in [-0.3, -0.25) is 14.6 Å². The summed E-state index contributed by atoms with van der Waals surface area (Å²) in [5.41, 5.74) is 6.69. The van der Waals surface area contributed by atoms with Gasteiger partial charge in [0.25, 0.3) is 5.91 Å². The third-order valence-corrected chi connectivity index (χ3v) is 7.15. The van der Waals surface area contributed by atoms with Crippen molar-refractivity contribution in [3.8, 4) is 5.75 Å². The number of amides is 1. The first-order chi connectivity index (χ1) is 16.0. The molecule has 2 heterocycles. The number of benzene rings is 1. The van der Waals surface area contributed by atoms with Gasteiger partial charge in [0.05, 0.1) is 18.0 Å². The fourth-order valence-electron chi connectivity index (χ4n) is 5.33. The van der Waals surface area contributed by atoms with Crippen molar-refractivity contribution in [3.63, 3.8) is 0 Å². The molecule has 0 radical (unpaired) electrons. The number of fused-ring (bicyclic) bond motifs is 1. The van der Waals surface area contributed by atoms with Crippen LogP contribution in [0.1, 0.15) is 73.6 Å². The van der Waals surface area contributed by atoms with Crippen LogP contribution in [-0.4, -0.2) is 23.0 Å². The van der Waals surface area contributed by atoms with Crippen LogP contribution in [0.25, 0.3) is 10.9 Å². The Bertz CT molecular complexity index is 1310. The van der Waals surface area contributed by atoms with Crippen molar-refractivity contribution in [2.24, 2.45) is 17.1 Å². The SMILES string of the molecule is COc1c([C@@H]2C[C@H](C(C)(C)C)CC[C@H]2c2cc(=O)c3c(C(N)=O)nccc3[nH]2)ccc(F)c1F. The van der Waals surface area contributed by atoms with Gasteiger partial charge in [0.1, 0.15) is 5.69 Å². The van der Waals surface area contributed by atoms with Crippen LogP contribution in [0.5, 0.6) is 5.75 Å². The van der Waals surface area contributed by atoms with Crippen molar-refractivity contribution < 1.29 is 18.3 Å². The van der Waals surface area contributed by atoms with Gasteiger partial charge in [-0.2, -0.15) is 4.39 Å². The van der Waals surface area contributed by atoms with E-state index in [1.165, 1.54) is 19.4 Å². The summed E-state index contributed by atoms with van der Waals surface area (Å²) in [4.78, 5) is 32.1. The smallest absolute Gasteiger partial charge is 0.268 e. The first kappa shape index (κ1) is 23.9. The lowest BCUT2D eigenvalue weighted by atomic mass is 9.63. The predicted octanol–water partition coefficient (Wildman–Crippen LogP) is 5.02. The first-order valence-electron chi connectivity index (χ1n) is 11.4. The van der Waals surface area contributed by atoms with E-state index in [1.807, 2.05) is 0 Å². The molecule has 1 aliphatic carbocycles. The number of carbonyl (C=O) groups excluding carboxylic acids is 1. The van der Waals surface area contributed by atoms with Gasteiger partial charge in [0.15, 0.2) is 17.0 Å². The molecule has 1 saturated carbocycles. The molecule has 3 aromatic rings. The van der Waals surface area contributed by atoms with Gasteiger partial charge < -0.3 is 15.5 Å². The molecule has 0 saturated heterocycles. The number of nitrogens with two attached hydrogens (primary N) is 1. The quantitative estimate of drug-likeness (QED) is 0.560. The van der Waals surface area contributed by atoms with E-state index in [0.29, 0.717) is 22.7 Å². The fraction of sp³-hybridized carbons (Fsp3) is 0.423. The molecule has 34 heavy (non-hydrogen) atoms. The lowest BCUT2D eigenvalue weighted by Gasteiger charge is -2.42. The molecule has 8 heteroatoms. The molecule has 6 nitrogen and oxygen atoms in total. The molecule has 1 amide bonds. The van der Waals surface area contributed by atoms with Gasteiger partial charge in [-0.25, -0.2) is 4.39 Å². The Morgan fingerprint density at radius 1 is 1.18 bits per heavy atom. The number of rotatable bonds is 4. The molecule has 1 aliphatic rings. The van der Waals surface area contributed by atoms with Crippen molar-refractivity contribution in [2.45, 2.75) is 51.9 Å². The molecule has 0 unspecified atom stereocenters. The van der Waals surface area contributed by atoms with Crippen LogP contribution in [0, 0.1) is 23.0 Å². The molecule has 0 bridgehead atoms. The summed E-state index contributed by atoms with van der Waals surface area (Å²) in [6.07, 6.45) is 3.80. The monoisotopic (exact) mass is 469 g/mol. The van der Waals surface area contributed by atoms with Crippen molar-refractivity contribution in [1.29, 1.82) is 0 Å². The Morgan fingerprint density at radius 2 is 1.91 bits per heavy atom. The Hall–Kier alpha value is -3.29. The minimum atomic E-state index is -1.01. The second kappa shape index (κ2) is 8.81. The number of carbonyl (C=O) groups is 1. The zero-order valence-corrected chi connectivity index (χ0v) is 19.7. The number of halogens is 2. The van der Waals surface area contributed by atoms with Gasteiger partial charge in [0.2, 0.25) is 5.82 Å². The molecular formula is C26H29F2N3O3. The summed E-state index contributed by atoms with van der Waals surface area (Å²) in [6, 6.07) is 5.80. The summed E-state index contributed by atoms with van der Waals surface area (Å²) >= 11 is 0. The van der Waals surface area contributed by atoms with E-state index >= 15 is 0 Å². The summed E-state index contributed by atoms with van der Waals surface area (Å²) in [6.45, 7) is 6.52. The number of pyridine rings is 2. The number of nitrogens with one attached hydrogen (secondary N) is 1. The highest BCUT2D eigenvalue weighted by Gasteiger charge is 2.39. The van der Waals surface area contributed by atoms with E-state index in [4.69, 9.17) is 10.5 Å². The Kier molecular flexibility index (Phi) is 6.18. The number of primary amides is 1. The molecule has 0 spiro atoms. The molecule has 1 fully saturated rings. The standard InChI is InChI=1S/C26H29F2N3O3/c1-26(2,3)13-5-6-14(16(11-13)15-7-8-17(27)22(28)24(15)34-4)19-12-20(32)21-18(31-19)9-10-30-23(21)25(29)33/h7-10,12-14,16H,5-6,11H2,1-4H3,(H2,29,33)(H,31,32)/t13-,14-,16-/m1/s1. The Labute approximate surface area is 196 Å². The molecule has 180 valence electrons. The number of ether oxygens (including phenoxy) is 1. The average Bonchev–Trinajstić information content (AvgIpc) is 2.79. The van der Waals surface area contributed by atoms with Gasteiger partial charge in [-0.15, -0.1) is 0 Å². The van der Waals surface area contributed by atoms with Gasteiger partial charge in [-0.1, -0.05) is 26.8 Å². The molecule has 1 aromatic carbocycles. The number of hydrogen-bond acceptors (Lipinski definition) is 4. The largest absolute Gasteiger partial charge is 0.493 e. The number of H-pyrrole nitrogens is 1. The van der Waals surface area contributed by atoms with Gasteiger partial charge in [0, 0.05) is 29.4 Å². The summed E-state index contributed by atoms with van der Waals surface area (Å²) < 4.78 is 34.0. The molecular weight excluding hydrogens is 440 g/mol. The second-order valence-corrected chi connectivity index (χ2v) is 10.1. The minimum absolute atomic E-state index is 0.0217. The number of aromatic nitrogens is 2. The molecule has 4 rings (SSSR count). The van der Waals surface area contributed by atoms with Crippen LogP contribution < -0.4 is 15.9 Å². The molecule has 3 atom stereocenters. The minimum Gasteiger partial charge on any atom is -0.493 e. The van der Waals surface area contributed by atoms with E-state index in [-0.39, 0.29) is 39.5 Å². The summed E-state index contributed by atoms with van der Waals surface area (Å²) in [5.74, 6) is -2.91. The van der Waals surface area contributed by atoms with Crippen LogP contribution in [-0.2, 0) is 0 Å². The van der Waals surface area contributed by atoms with Crippen LogP contribution in [0.3, 0.4) is 0 Å². The molecule has 0 aliphatic heterocycles. The Morgan fingerprint density at radius 3 is 2.56 bits per heavy atom. The number of aromatic amines is 1. The highest BCUT2D eigenvalue weighted by atomic mass is 19.2. The number of nitrogens with zero attached hydrogens (tertiary/aromatic N) is 1. The van der Waals surface area contributed by atoms with Crippen molar-refractivity contribution in [3.05, 3.63) is 69.3 Å². The van der Waals surface area contributed by atoms with Gasteiger partial charge in [-0.05, 0) is 48.6 Å². The van der Waals surface area contributed by atoms with Crippen molar-refractivity contribution in [2.75, 3.05) is 7.11 Å². The fourth-order valence-corrected chi connectivity index (χ4v) is 5.33. The summed E-state index contributed by atoms with van der Waals surface area (Å²) in [5, 5.41) is 0.143. The number of methoxy groups -OCH3 is 1. The molecule has 3 N–H and O–H groups in total. The van der Waals surface area contributed by atoms with Crippen LogP contribution in [0.2, 0.25) is 0 Å². The van der Waals surface area contributed by atoms with E-state index in [2.05, 4.69) is 30.7 Å². The normalized spacial score (nSPS) is 20.9. The third kappa shape index (κ3) is 4.17. The van der Waals surface area contributed by atoms with E-state index < -0.39 is 17.5 Å². The zero-order chi connectivity index (χ0) is 24.8. The first-order valence-corrected chi connectivity index (χ1v) is 11.4. The number of hydrogen-bond donors (Lipinski definition) is 2. The molecule has 2 aromatic heterocycles. The lowest BCUT2D eigenvalue weighted by molar-refractivity contribution is 0.0997.